The number of carbonyl (C=O) groups is 5. The molecule has 0 bridgehead atoms. The van der Waals surface area contributed by atoms with Gasteiger partial charge in [-0.25, -0.2) is 9.59 Å². The van der Waals surface area contributed by atoms with E-state index in [1.54, 1.807) is 48.2 Å². The summed E-state index contributed by atoms with van der Waals surface area (Å²) in [6.07, 6.45) is -0.856. The predicted molar refractivity (Wildman–Crippen MR) is 258 cm³/mol. The molecule has 380 valence electrons. The van der Waals surface area contributed by atoms with Crippen molar-refractivity contribution in [2.45, 2.75) is 25.6 Å². The number of ether oxygens (including phenoxy) is 3. The van der Waals surface area contributed by atoms with Gasteiger partial charge in [-0.2, -0.15) is 8.42 Å². The molecular formula is C46H50N10O15S. The second kappa shape index (κ2) is 24.1. The van der Waals surface area contributed by atoms with Crippen LogP contribution in [0, 0.1) is 31.0 Å². The molecule has 3 heterocycles. The summed E-state index contributed by atoms with van der Waals surface area (Å²) in [6.45, 7) is 6.97. The summed E-state index contributed by atoms with van der Waals surface area (Å²) < 4.78 is 42.5. The molecule has 0 saturated carbocycles. The van der Waals surface area contributed by atoms with E-state index >= 15 is 0 Å². The molecule has 4 aromatic carbocycles. The highest BCUT2D eigenvalue weighted by Gasteiger charge is 2.35. The van der Waals surface area contributed by atoms with Crippen LogP contribution in [0.5, 0.6) is 0 Å². The Morgan fingerprint density at radius 1 is 0.667 bits per heavy atom. The SMILES string of the molecule is CCOC(=O)CCN1CCN(CC2CN(c3ccc(C(=N)NC(=O)c4ccc([N+](=O)[O-])cc4)cc3)C(=O)O2)CC1.CS(=O)(=O)OCC1CN(c2ccc(C(=N)NC(=O)c3ccc([N+](=O)[O-])cc3)cc2)C(=O)O1. The first-order valence-corrected chi connectivity index (χ1v) is 24.0. The lowest BCUT2D eigenvalue weighted by Crippen LogP contribution is -2.49. The lowest BCUT2D eigenvalue weighted by molar-refractivity contribution is -0.385. The molecule has 0 radical (unpaired) electrons. The first kappa shape index (κ1) is 53.2. The monoisotopic (exact) mass is 1010 g/mol. The highest BCUT2D eigenvalue weighted by molar-refractivity contribution is 7.86. The molecule has 0 aliphatic carbocycles. The largest absolute Gasteiger partial charge is 0.466 e. The summed E-state index contributed by atoms with van der Waals surface area (Å²) in [7, 11) is -3.66. The Kier molecular flexibility index (Phi) is 17.8. The van der Waals surface area contributed by atoms with Gasteiger partial charge in [0.05, 0.1) is 42.2 Å². The number of carbonyl (C=O) groups excluding carboxylic acids is 5. The van der Waals surface area contributed by atoms with Gasteiger partial charge in [-0.3, -0.25) is 64.3 Å². The van der Waals surface area contributed by atoms with Crippen LogP contribution in [-0.2, 0) is 33.3 Å². The number of anilines is 2. The molecule has 26 heteroatoms. The quantitative estimate of drug-likeness (QED) is 0.0222. The number of rotatable bonds is 17. The number of piperazine rings is 1. The minimum Gasteiger partial charge on any atom is -0.466 e. The molecule has 4 aromatic rings. The fraction of sp³-hybridized carbons (Fsp3) is 0.326. The molecule has 2 atom stereocenters. The van der Waals surface area contributed by atoms with Crippen molar-refractivity contribution in [1.82, 2.24) is 20.4 Å². The fourth-order valence-electron chi connectivity index (χ4n) is 7.41. The Morgan fingerprint density at radius 3 is 1.49 bits per heavy atom. The van der Waals surface area contributed by atoms with Crippen LogP contribution in [-0.4, -0.2) is 154 Å². The van der Waals surface area contributed by atoms with Crippen molar-refractivity contribution in [2.24, 2.45) is 0 Å². The van der Waals surface area contributed by atoms with E-state index in [1.165, 1.54) is 65.6 Å². The average Bonchev–Trinajstić information content (AvgIpc) is 3.93. The molecule has 3 fully saturated rings. The summed E-state index contributed by atoms with van der Waals surface area (Å²) in [5, 5.41) is 42.6. The first-order chi connectivity index (χ1) is 34.3. The maximum Gasteiger partial charge on any atom is 0.414 e. The molecule has 4 N–H and O–H groups in total. The molecule has 72 heavy (non-hydrogen) atoms. The fourth-order valence-corrected chi connectivity index (χ4v) is 7.81. The van der Waals surface area contributed by atoms with Crippen LogP contribution >= 0.6 is 0 Å². The van der Waals surface area contributed by atoms with Gasteiger partial charge in [0, 0.05) is 97.2 Å². The molecule has 3 saturated heterocycles. The summed E-state index contributed by atoms with van der Waals surface area (Å²) in [6, 6.07) is 22.8. The van der Waals surface area contributed by atoms with E-state index in [0.29, 0.717) is 55.2 Å². The summed E-state index contributed by atoms with van der Waals surface area (Å²) in [5.41, 5.74) is 1.92. The van der Waals surface area contributed by atoms with Crippen LogP contribution < -0.4 is 20.4 Å². The van der Waals surface area contributed by atoms with Crippen LogP contribution in [0.15, 0.2) is 97.1 Å². The van der Waals surface area contributed by atoms with Gasteiger partial charge in [-0.1, -0.05) is 0 Å². The van der Waals surface area contributed by atoms with Crippen molar-refractivity contribution >= 4 is 74.5 Å². The van der Waals surface area contributed by atoms with E-state index in [0.717, 1.165) is 32.4 Å². The summed E-state index contributed by atoms with van der Waals surface area (Å²) in [4.78, 5) is 88.5. The van der Waals surface area contributed by atoms with E-state index in [1.807, 2.05) is 0 Å². The van der Waals surface area contributed by atoms with Crippen LogP contribution in [0.3, 0.4) is 0 Å². The standard InChI is InChI=1S/C27H32N6O7.C19H18N4O8S/c1-2-39-24(34)11-12-30-13-15-31(16-14-30)17-23-18-32(27(36)40-23)21-7-3-19(4-8-21)25(28)29-26(35)20-5-9-22(10-6-20)33(37)38;1-32(28,29)30-11-16-10-22(19(25)31-16)14-6-2-12(3-7-14)17(20)21-18(24)13-4-8-15(9-5-13)23(26)27/h3-10,23H,2,11-18H2,1H3,(H2,28,29,35);2-9,16H,10-11H2,1H3,(H2,20,21,24). The number of hydrogen-bond donors (Lipinski definition) is 4. The van der Waals surface area contributed by atoms with Crippen molar-refractivity contribution in [3.63, 3.8) is 0 Å². The number of nitro groups is 2. The van der Waals surface area contributed by atoms with E-state index < -0.39 is 50.1 Å². The van der Waals surface area contributed by atoms with Crippen molar-refractivity contribution in [3.8, 4) is 0 Å². The Bertz CT molecular complexity index is 2790. The van der Waals surface area contributed by atoms with Gasteiger partial charge in [-0.05, 0) is 79.7 Å². The molecule has 7 rings (SSSR count). The summed E-state index contributed by atoms with van der Waals surface area (Å²) in [5.74, 6) is -1.69. The van der Waals surface area contributed by atoms with E-state index in [9.17, 15) is 52.6 Å². The van der Waals surface area contributed by atoms with E-state index in [4.69, 9.17) is 25.0 Å². The lowest BCUT2D eigenvalue weighted by atomic mass is 10.1. The Balaban J connectivity index is 0.000000241. The van der Waals surface area contributed by atoms with Crippen LogP contribution in [0.25, 0.3) is 0 Å². The Labute approximate surface area is 412 Å². The predicted octanol–water partition coefficient (Wildman–Crippen LogP) is 3.90. The number of benzene rings is 4. The van der Waals surface area contributed by atoms with Crippen LogP contribution in [0.4, 0.5) is 32.3 Å². The Morgan fingerprint density at radius 2 is 1.07 bits per heavy atom. The van der Waals surface area contributed by atoms with Crippen LogP contribution in [0.2, 0.25) is 0 Å². The number of nitro benzene ring substituents is 2. The maximum absolute atomic E-state index is 12.6. The third-order valence-corrected chi connectivity index (χ3v) is 11.7. The molecule has 3 aliphatic heterocycles. The molecule has 0 spiro atoms. The third-order valence-electron chi connectivity index (χ3n) is 11.2. The minimum absolute atomic E-state index is 0.0853. The van der Waals surface area contributed by atoms with Gasteiger partial charge in [0.15, 0.2) is 0 Å². The van der Waals surface area contributed by atoms with E-state index in [2.05, 4.69) is 24.6 Å². The van der Waals surface area contributed by atoms with Gasteiger partial charge in [-0.15, -0.1) is 0 Å². The lowest BCUT2D eigenvalue weighted by Gasteiger charge is -2.35. The van der Waals surface area contributed by atoms with Gasteiger partial charge in [0.2, 0.25) is 0 Å². The maximum atomic E-state index is 12.6. The number of amidine groups is 2. The molecule has 2 unspecified atom stereocenters. The molecular weight excluding hydrogens is 965 g/mol. The second-order valence-corrected chi connectivity index (χ2v) is 17.9. The zero-order valence-electron chi connectivity index (χ0n) is 38.9. The average molecular weight is 1020 g/mol. The van der Waals surface area contributed by atoms with Gasteiger partial charge in [0.25, 0.3) is 33.3 Å². The Hall–Kier alpha value is -8.20. The van der Waals surface area contributed by atoms with Gasteiger partial charge in [0.1, 0.15) is 30.5 Å². The van der Waals surface area contributed by atoms with Crippen molar-refractivity contribution in [1.29, 1.82) is 10.8 Å². The third kappa shape index (κ3) is 14.9. The molecule has 0 aromatic heterocycles. The number of cyclic esters (lactones) is 2. The molecule has 3 aliphatic rings. The number of nitrogens with one attached hydrogen (secondary N) is 4. The topological polar surface area (TPSA) is 327 Å². The van der Waals surface area contributed by atoms with Crippen molar-refractivity contribution in [2.75, 3.05) is 81.6 Å². The summed E-state index contributed by atoms with van der Waals surface area (Å²) >= 11 is 0. The zero-order valence-corrected chi connectivity index (χ0v) is 39.7. The zero-order chi connectivity index (χ0) is 52.1. The highest BCUT2D eigenvalue weighted by atomic mass is 32.2. The smallest absolute Gasteiger partial charge is 0.414 e. The highest BCUT2D eigenvalue weighted by Crippen LogP contribution is 2.25. The number of non-ortho nitro benzene ring substituents is 2. The van der Waals surface area contributed by atoms with Crippen molar-refractivity contribution < 1.29 is 60.6 Å². The van der Waals surface area contributed by atoms with Crippen molar-refractivity contribution in [3.05, 3.63) is 140 Å². The van der Waals surface area contributed by atoms with E-state index in [-0.39, 0.29) is 59.4 Å². The number of esters is 1. The number of hydrogen-bond acceptors (Lipinski definition) is 19. The number of nitrogens with zero attached hydrogens (tertiary/aromatic N) is 6. The number of amides is 4. The second-order valence-electron chi connectivity index (χ2n) is 16.3. The normalized spacial score (nSPS) is 16.9. The molecule has 4 amide bonds. The molecule has 25 nitrogen and oxygen atoms in total. The first-order valence-electron chi connectivity index (χ1n) is 22.2. The van der Waals surface area contributed by atoms with Gasteiger partial charge < -0.3 is 29.7 Å². The van der Waals surface area contributed by atoms with Crippen LogP contribution in [0.1, 0.15) is 45.2 Å². The van der Waals surface area contributed by atoms with Gasteiger partial charge >= 0.3 is 18.2 Å². The minimum atomic E-state index is -3.66.